The van der Waals surface area contributed by atoms with E-state index in [4.69, 9.17) is 0 Å². The fourth-order valence-electron chi connectivity index (χ4n) is 2.46. The quantitative estimate of drug-likeness (QED) is 0.674. The van der Waals surface area contributed by atoms with Gasteiger partial charge in [0.05, 0.1) is 5.69 Å². The minimum atomic E-state index is -0.494. The third-order valence-corrected chi connectivity index (χ3v) is 3.64. The first kappa shape index (κ1) is 18.3. The Kier molecular flexibility index (Phi) is 5.17. The fourth-order valence-corrected chi connectivity index (χ4v) is 2.46. The number of aromatic nitrogens is 2. The van der Waals surface area contributed by atoms with Gasteiger partial charge in [0.2, 0.25) is 5.91 Å². The SMILES string of the molecule is CC(C)NC(=O)Nc1cc(C(C)(C)C)nn1C1NC(=O)CC(C)N1. The van der Waals surface area contributed by atoms with Gasteiger partial charge in [-0.3, -0.25) is 15.4 Å². The second-order valence-corrected chi connectivity index (χ2v) is 7.60. The van der Waals surface area contributed by atoms with Crippen molar-refractivity contribution < 1.29 is 9.59 Å². The van der Waals surface area contributed by atoms with Crippen molar-refractivity contribution >= 4 is 17.8 Å². The maximum absolute atomic E-state index is 12.1. The summed E-state index contributed by atoms with van der Waals surface area (Å²) in [7, 11) is 0. The number of nitrogens with zero attached hydrogens (tertiary/aromatic N) is 2. The number of nitrogens with one attached hydrogen (secondary N) is 4. The van der Waals surface area contributed by atoms with Crippen molar-refractivity contribution in [3.63, 3.8) is 0 Å². The number of carbonyl (C=O) groups is 2. The normalized spacial score (nSPS) is 21.5. The minimum Gasteiger partial charge on any atom is -0.336 e. The van der Waals surface area contributed by atoms with E-state index in [2.05, 4.69) is 26.4 Å². The van der Waals surface area contributed by atoms with Gasteiger partial charge in [-0.05, 0) is 20.8 Å². The number of urea groups is 1. The molecule has 2 unspecified atom stereocenters. The van der Waals surface area contributed by atoms with Gasteiger partial charge in [-0.1, -0.05) is 20.8 Å². The number of hydrogen-bond donors (Lipinski definition) is 4. The molecule has 2 atom stereocenters. The zero-order valence-electron chi connectivity index (χ0n) is 15.2. The molecule has 1 aromatic rings. The molecule has 1 aliphatic rings. The van der Waals surface area contributed by atoms with Crippen LogP contribution in [0.4, 0.5) is 10.6 Å². The maximum Gasteiger partial charge on any atom is 0.320 e. The largest absolute Gasteiger partial charge is 0.336 e. The van der Waals surface area contributed by atoms with Gasteiger partial charge in [0.1, 0.15) is 5.82 Å². The van der Waals surface area contributed by atoms with Crippen LogP contribution in [0.15, 0.2) is 6.07 Å². The van der Waals surface area contributed by atoms with Gasteiger partial charge < -0.3 is 10.6 Å². The van der Waals surface area contributed by atoms with Crippen molar-refractivity contribution in [1.29, 1.82) is 0 Å². The first-order chi connectivity index (χ1) is 11.1. The molecule has 4 N–H and O–H groups in total. The van der Waals surface area contributed by atoms with E-state index in [0.717, 1.165) is 5.69 Å². The Bertz CT molecular complexity index is 617. The van der Waals surface area contributed by atoms with Gasteiger partial charge in [0.15, 0.2) is 6.29 Å². The minimum absolute atomic E-state index is 0.0241. The predicted molar refractivity (Wildman–Crippen MR) is 92.6 cm³/mol. The molecular formula is C16H28N6O2. The van der Waals surface area contributed by atoms with Crippen molar-refractivity contribution in [2.24, 2.45) is 0 Å². The highest BCUT2D eigenvalue weighted by molar-refractivity contribution is 5.88. The van der Waals surface area contributed by atoms with Crippen molar-refractivity contribution in [2.75, 3.05) is 5.32 Å². The zero-order valence-corrected chi connectivity index (χ0v) is 15.2. The molecule has 1 aromatic heterocycles. The van der Waals surface area contributed by atoms with E-state index in [0.29, 0.717) is 12.2 Å². The van der Waals surface area contributed by atoms with Crippen molar-refractivity contribution in [3.8, 4) is 0 Å². The molecule has 8 heteroatoms. The van der Waals surface area contributed by atoms with Crippen LogP contribution in [-0.2, 0) is 10.2 Å². The first-order valence-corrected chi connectivity index (χ1v) is 8.29. The summed E-state index contributed by atoms with van der Waals surface area (Å²) < 4.78 is 1.62. The summed E-state index contributed by atoms with van der Waals surface area (Å²) in [5.41, 5.74) is 0.650. The number of rotatable bonds is 3. The van der Waals surface area contributed by atoms with Crippen molar-refractivity contribution in [3.05, 3.63) is 11.8 Å². The molecule has 1 aliphatic heterocycles. The highest BCUT2D eigenvalue weighted by Gasteiger charge is 2.29. The first-order valence-electron chi connectivity index (χ1n) is 8.29. The predicted octanol–water partition coefficient (Wildman–Crippen LogP) is 1.66. The lowest BCUT2D eigenvalue weighted by atomic mass is 9.92. The Morgan fingerprint density at radius 3 is 2.62 bits per heavy atom. The second-order valence-electron chi connectivity index (χ2n) is 7.60. The molecule has 0 radical (unpaired) electrons. The third-order valence-electron chi connectivity index (χ3n) is 3.64. The van der Waals surface area contributed by atoms with Crippen LogP contribution < -0.4 is 21.3 Å². The molecule has 0 spiro atoms. The van der Waals surface area contributed by atoms with Gasteiger partial charge in [0, 0.05) is 30.0 Å². The van der Waals surface area contributed by atoms with E-state index >= 15 is 0 Å². The fraction of sp³-hybridized carbons (Fsp3) is 0.688. The number of anilines is 1. The van der Waals surface area contributed by atoms with E-state index in [1.807, 2.05) is 47.6 Å². The van der Waals surface area contributed by atoms with E-state index in [1.54, 1.807) is 4.68 Å². The summed E-state index contributed by atoms with van der Waals surface area (Å²) in [6.07, 6.45) is -0.0766. The molecule has 1 saturated heterocycles. The van der Waals surface area contributed by atoms with Crippen molar-refractivity contribution in [1.82, 2.24) is 25.7 Å². The van der Waals surface area contributed by atoms with Crippen LogP contribution in [-0.4, -0.2) is 33.8 Å². The molecule has 0 aromatic carbocycles. The summed E-state index contributed by atoms with van der Waals surface area (Å²) in [5.74, 6) is 0.488. The van der Waals surface area contributed by atoms with Gasteiger partial charge in [-0.2, -0.15) is 5.10 Å². The molecule has 24 heavy (non-hydrogen) atoms. The van der Waals surface area contributed by atoms with Gasteiger partial charge >= 0.3 is 6.03 Å². The molecule has 134 valence electrons. The molecule has 0 saturated carbocycles. The zero-order chi connectivity index (χ0) is 18.1. The summed E-state index contributed by atoms with van der Waals surface area (Å²) in [6, 6.07) is 1.59. The molecular weight excluding hydrogens is 308 g/mol. The number of hydrogen-bond acceptors (Lipinski definition) is 4. The van der Waals surface area contributed by atoms with Gasteiger partial charge in [0.25, 0.3) is 0 Å². The average Bonchev–Trinajstić information content (AvgIpc) is 2.80. The Labute approximate surface area is 142 Å². The van der Waals surface area contributed by atoms with Crippen molar-refractivity contribution in [2.45, 2.75) is 71.8 Å². The van der Waals surface area contributed by atoms with Crippen LogP contribution in [0.2, 0.25) is 0 Å². The average molecular weight is 336 g/mol. The third kappa shape index (κ3) is 4.47. The number of carbonyl (C=O) groups excluding carboxylic acids is 2. The monoisotopic (exact) mass is 336 g/mol. The highest BCUT2D eigenvalue weighted by atomic mass is 16.2. The molecule has 1 fully saturated rings. The van der Waals surface area contributed by atoms with E-state index < -0.39 is 6.29 Å². The molecule has 0 bridgehead atoms. The summed E-state index contributed by atoms with van der Waals surface area (Å²) >= 11 is 0. The topological polar surface area (TPSA) is 100 Å². The summed E-state index contributed by atoms with van der Waals surface area (Å²) in [4.78, 5) is 23.9. The summed E-state index contributed by atoms with van der Waals surface area (Å²) in [5, 5.41) is 16.4. The van der Waals surface area contributed by atoms with Crippen LogP contribution in [0.1, 0.15) is 59.9 Å². The standard InChI is InChI=1S/C16H28N6O2/c1-9(2)17-15(24)19-12-8-11(16(4,5)6)21-22(12)14-18-10(3)7-13(23)20-14/h8-10,14,18H,7H2,1-6H3,(H,20,23)(H2,17,19,24). The van der Waals surface area contributed by atoms with Crippen LogP contribution >= 0.6 is 0 Å². The molecule has 3 amide bonds. The lowest BCUT2D eigenvalue weighted by Crippen LogP contribution is -2.52. The lowest BCUT2D eigenvalue weighted by molar-refractivity contribution is -0.125. The Morgan fingerprint density at radius 1 is 1.42 bits per heavy atom. The lowest BCUT2D eigenvalue weighted by Gasteiger charge is -2.30. The van der Waals surface area contributed by atoms with Gasteiger partial charge in [-0.25, -0.2) is 9.48 Å². The molecule has 0 aliphatic carbocycles. The number of amides is 3. The van der Waals surface area contributed by atoms with Crippen LogP contribution in [0.5, 0.6) is 0 Å². The molecule has 2 heterocycles. The summed E-state index contributed by atoms with van der Waals surface area (Å²) in [6.45, 7) is 11.9. The molecule has 8 nitrogen and oxygen atoms in total. The van der Waals surface area contributed by atoms with Gasteiger partial charge in [-0.15, -0.1) is 0 Å². The van der Waals surface area contributed by atoms with E-state index in [1.165, 1.54) is 0 Å². The Balaban J connectivity index is 2.32. The Hall–Kier alpha value is -2.09. The van der Waals surface area contributed by atoms with Crippen LogP contribution in [0, 0.1) is 0 Å². The maximum atomic E-state index is 12.1. The highest BCUT2D eigenvalue weighted by Crippen LogP contribution is 2.26. The second kappa shape index (κ2) is 6.80. The molecule has 2 rings (SSSR count). The van der Waals surface area contributed by atoms with Crippen LogP contribution in [0.25, 0.3) is 0 Å². The van der Waals surface area contributed by atoms with Crippen LogP contribution in [0.3, 0.4) is 0 Å². The van der Waals surface area contributed by atoms with E-state index in [9.17, 15) is 9.59 Å². The smallest absolute Gasteiger partial charge is 0.320 e. The Morgan fingerprint density at radius 2 is 2.08 bits per heavy atom. The van der Waals surface area contributed by atoms with E-state index in [-0.39, 0.29) is 29.4 Å².